The van der Waals surface area contributed by atoms with E-state index in [9.17, 15) is 8.78 Å². The van der Waals surface area contributed by atoms with Gasteiger partial charge >= 0.3 is 0 Å². The molecule has 1 unspecified atom stereocenters. The number of fused-ring (bicyclic) bond motifs is 1. The van der Waals surface area contributed by atoms with E-state index in [1.165, 1.54) is 6.07 Å². The molecule has 0 bridgehead atoms. The van der Waals surface area contributed by atoms with E-state index in [4.69, 9.17) is 9.47 Å². The number of halogens is 2. The second kappa shape index (κ2) is 9.45. The van der Waals surface area contributed by atoms with Crippen molar-refractivity contribution in [1.82, 2.24) is 25.4 Å². The van der Waals surface area contributed by atoms with Gasteiger partial charge in [0.25, 0.3) is 0 Å². The first-order valence-electron chi connectivity index (χ1n) is 9.05. The van der Waals surface area contributed by atoms with Crippen molar-refractivity contribution in [2.24, 2.45) is 4.99 Å². The molecule has 28 heavy (non-hydrogen) atoms. The maximum absolute atomic E-state index is 13.2. The zero-order valence-corrected chi connectivity index (χ0v) is 15.9. The molecule has 0 amide bonds. The van der Waals surface area contributed by atoms with Gasteiger partial charge in [-0.25, -0.2) is 18.4 Å². The summed E-state index contributed by atoms with van der Waals surface area (Å²) in [4.78, 5) is 8.67. The highest BCUT2D eigenvalue weighted by atomic mass is 19.2. The molecular weight excluding hydrogens is 370 g/mol. The number of ether oxygens (including phenoxy) is 2. The summed E-state index contributed by atoms with van der Waals surface area (Å²) in [7, 11) is 3.31. The number of nitrogens with zero attached hydrogens (tertiary/aromatic N) is 4. The summed E-state index contributed by atoms with van der Waals surface area (Å²) in [5.74, 6) is 0.748. The summed E-state index contributed by atoms with van der Waals surface area (Å²) >= 11 is 0. The van der Waals surface area contributed by atoms with Crippen LogP contribution in [-0.2, 0) is 24.3 Å². The van der Waals surface area contributed by atoms with Crippen LogP contribution >= 0.6 is 0 Å². The van der Waals surface area contributed by atoms with Gasteiger partial charge in [0, 0.05) is 32.7 Å². The molecule has 3 rings (SSSR count). The topological polar surface area (TPSA) is 85.6 Å². The quantitative estimate of drug-likeness (QED) is 0.418. The van der Waals surface area contributed by atoms with E-state index in [0.717, 1.165) is 30.8 Å². The number of guanidine groups is 1. The molecule has 0 spiro atoms. The number of rotatable bonds is 7. The number of hydrogen-bond acceptors (Lipinski definition) is 5. The van der Waals surface area contributed by atoms with Crippen LogP contribution in [0.1, 0.15) is 18.1 Å². The average Bonchev–Trinajstić information content (AvgIpc) is 3.09. The van der Waals surface area contributed by atoms with Crippen LogP contribution in [0, 0.1) is 11.6 Å². The predicted octanol–water partition coefficient (Wildman–Crippen LogP) is 1.26. The largest absolute Gasteiger partial charge is 0.492 e. The van der Waals surface area contributed by atoms with Crippen molar-refractivity contribution >= 4 is 5.96 Å². The summed E-state index contributed by atoms with van der Waals surface area (Å²) in [6.07, 6.45) is 1.74. The van der Waals surface area contributed by atoms with E-state index in [1.807, 2.05) is 4.68 Å². The fraction of sp³-hybridized carbons (Fsp3) is 0.500. The van der Waals surface area contributed by atoms with Crippen LogP contribution in [-0.4, -0.2) is 54.1 Å². The van der Waals surface area contributed by atoms with Crippen LogP contribution in [0.2, 0.25) is 0 Å². The summed E-state index contributed by atoms with van der Waals surface area (Å²) < 4.78 is 38.5. The minimum absolute atomic E-state index is 0.169. The summed E-state index contributed by atoms with van der Waals surface area (Å²) in [6, 6.07) is 3.62. The standard InChI is InChI=1S/C18H24F2N6O2/c1-21-18(22-7-8-28-13-4-5-14(19)15(20)9-13)23-12-3-6-17-24-16(11-27-2)25-26(17)10-12/h4-5,9,12H,3,6-8,10-11H2,1-2H3,(H2,21,22,23). The minimum Gasteiger partial charge on any atom is -0.492 e. The van der Waals surface area contributed by atoms with Gasteiger partial charge in [-0.15, -0.1) is 0 Å². The molecule has 10 heteroatoms. The van der Waals surface area contributed by atoms with Gasteiger partial charge in [-0.1, -0.05) is 0 Å². The average molecular weight is 394 g/mol. The van der Waals surface area contributed by atoms with Crippen molar-refractivity contribution in [1.29, 1.82) is 0 Å². The smallest absolute Gasteiger partial charge is 0.191 e. The van der Waals surface area contributed by atoms with E-state index in [1.54, 1.807) is 14.2 Å². The Morgan fingerprint density at radius 3 is 2.96 bits per heavy atom. The van der Waals surface area contributed by atoms with Gasteiger partial charge < -0.3 is 20.1 Å². The second-order valence-corrected chi connectivity index (χ2v) is 6.36. The lowest BCUT2D eigenvalue weighted by Gasteiger charge is -2.25. The third-order valence-corrected chi connectivity index (χ3v) is 4.29. The number of aryl methyl sites for hydroxylation is 1. The first-order chi connectivity index (χ1) is 13.6. The molecule has 1 aliphatic heterocycles. The van der Waals surface area contributed by atoms with E-state index >= 15 is 0 Å². The lowest BCUT2D eigenvalue weighted by molar-refractivity contribution is 0.177. The SMILES string of the molecule is CN=C(NCCOc1ccc(F)c(F)c1)NC1CCc2nc(COC)nn2C1. The highest BCUT2D eigenvalue weighted by Gasteiger charge is 2.22. The molecule has 2 heterocycles. The fourth-order valence-corrected chi connectivity index (χ4v) is 2.96. The monoisotopic (exact) mass is 394 g/mol. The molecule has 2 N–H and O–H groups in total. The van der Waals surface area contributed by atoms with Gasteiger partial charge in [-0.05, 0) is 18.6 Å². The zero-order chi connectivity index (χ0) is 19.9. The van der Waals surface area contributed by atoms with Crippen molar-refractivity contribution in [3.05, 3.63) is 41.5 Å². The van der Waals surface area contributed by atoms with Crippen molar-refractivity contribution in [2.45, 2.75) is 32.0 Å². The Labute approximate surface area is 162 Å². The first kappa shape index (κ1) is 20.0. The molecule has 2 aromatic rings. The number of aromatic nitrogens is 3. The molecule has 152 valence electrons. The van der Waals surface area contributed by atoms with Gasteiger partial charge in [0.1, 0.15) is 24.8 Å². The first-order valence-corrected chi connectivity index (χ1v) is 9.05. The predicted molar refractivity (Wildman–Crippen MR) is 99.2 cm³/mol. The summed E-state index contributed by atoms with van der Waals surface area (Å²) in [6.45, 7) is 1.83. The summed E-state index contributed by atoms with van der Waals surface area (Å²) in [5, 5.41) is 10.9. The Kier molecular flexibility index (Phi) is 6.75. The molecule has 0 saturated heterocycles. The molecule has 1 aliphatic rings. The third-order valence-electron chi connectivity index (χ3n) is 4.29. The maximum Gasteiger partial charge on any atom is 0.191 e. The van der Waals surface area contributed by atoms with Crippen LogP contribution in [0.15, 0.2) is 23.2 Å². The molecule has 8 nitrogen and oxygen atoms in total. The number of hydrogen-bond donors (Lipinski definition) is 2. The highest BCUT2D eigenvalue weighted by Crippen LogP contribution is 2.15. The lowest BCUT2D eigenvalue weighted by atomic mass is 10.1. The van der Waals surface area contributed by atoms with Gasteiger partial charge in [0.2, 0.25) is 0 Å². The van der Waals surface area contributed by atoms with Gasteiger partial charge in [-0.2, -0.15) is 5.10 Å². The number of benzene rings is 1. The fourth-order valence-electron chi connectivity index (χ4n) is 2.96. The van der Waals surface area contributed by atoms with Crippen molar-refractivity contribution in [3.8, 4) is 5.75 Å². The zero-order valence-electron chi connectivity index (χ0n) is 15.9. The Bertz CT molecular complexity index is 826. The highest BCUT2D eigenvalue weighted by molar-refractivity contribution is 5.79. The Morgan fingerprint density at radius 1 is 1.36 bits per heavy atom. The van der Waals surface area contributed by atoms with Crippen LogP contribution in [0.25, 0.3) is 0 Å². The van der Waals surface area contributed by atoms with Gasteiger partial charge in [0.05, 0.1) is 13.1 Å². The van der Waals surface area contributed by atoms with E-state index in [-0.39, 0.29) is 18.4 Å². The molecule has 1 atom stereocenters. The van der Waals surface area contributed by atoms with Crippen molar-refractivity contribution < 1.29 is 18.3 Å². The van der Waals surface area contributed by atoms with Gasteiger partial charge in [0.15, 0.2) is 23.4 Å². The molecule has 0 radical (unpaired) electrons. The summed E-state index contributed by atoms with van der Waals surface area (Å²) in [5.41, 5.74) is 0. The van der Waals surface area contributed by atoms with Crippen LogP contribution in [0.3, 0.4) is 0 Å². The number of nitrogens with one attached hydrogen (secondary N) is 2. The lowest BCUT2D eigenvalue weighted by Crippen LogP contribution is -2.47. The Balaban J connectivity index is 1.43. The second-order valence-electron chi connectivity index (χ2n) is 6.36. The van der Waals surface area contributed by atoms with E-state index < -0.39 is 11.6 Å². The number of methoxy groups -OCH3 is 1. The maximum atomic E-state index is 13.2. The molecule has 1 aromatic heterocycles. The van der Waals surface area contributed by atoms with Crippen molar-refractivity contribution in [2.75, 3.05) is 27.3 Å². The molecule has 0 saturated carbocycles. The molecular formula is C18H24F2N6O2. The van der Waals surface area contributed by atoms with Crippen LogP contribution in [0.4, 0.5) is 8.78 Å². The number of aliphatic imine (C=N–C) groups is 1. The Hall–Kier alpha value is -2.75. The van der Waals surface area contributed by atoms with E-state index in [2.05, 4.69) is 25.7 Å². The normalized spacial score (nSPS) is 16.6. The Morgan fingerprint density at radius 2 is 2.21 bits per heavy atom. The van der Waals surface area contributed by atoms with E-state index in [0.29, 0.717) is 31.5 Å². The molecule has 0 fully saturated rings. The van der Waals surface area contributed by atoms with Gasteiger partial charge in [-0.3, -0.25) is 4.99 Å². The van der Waals surface area contributed by atoms with Crippen LogP contribution < -0.4 is 15.4 Å². The molecule has 1 aromatic carbocycles. The minimum atomic E-state index is -0.929. The third kappa shape index (κ3) is 5.16. The molecule has 0 aliphatic carbocycles. The van der Waals surface area contributed by atoms with Crippen LogP contribution in [0.5, 0.6) is 5.75 Å². The van der Waals surface area contributed by atoms with Crippen molar-refractivity contribution in [3.63, 3.8) is 0 Å².